The quantitative estimate of drug-likeness (QED) is 0.603. The van der Waals surface area contributed by atoms with Gasteiger partial charge in [0.2, 0.25) is 0 Å². The van der Waals surface area contributed by atoms with Crippen LogP contribution in [-0.4, -0.2) is 19.2 Å². The lowest BCUT2D eigenvalue weighted by atomic mass is 9.75. The third kappa shape index (κ3) is 7.00. The monoisotopic (exact) mass is 368 g/mol. The molecule has 1 aliphatic carbocycles. The van der Waals surface area contributed by atoms with Crippen molar-refractivity contribution >= 4 is 0 Å². The van der Waals surface area contributed by atoms with E-state index in [9.17, 15) is 0 Å². The van der Waals surface area contributed by atoms with Crippen molar-refractivity contribution < 1.29 is 4.74 Å². The van der Waals surface area contributed by atoms with Gasteiger partial charge in [-0.1, -0.05) is 62.4 Å². The van der Waals surface area contributed by atoms with Crippen LogP contribution in [0.2, 0.25) is 0 Å². The molecule has 3 atom stereocenters. The molecule has 2 rings (SSSR count). The average molecular weight is 369 g/mol. The molecule has 1 saturated carbocycles. The number of rotatable bonds is 9. The van der Waals surface area contributed by atoms with Crippen LogP contribution >= 0.6 is 0 Å². The Morgan fingerprint density at radius 2 is 2.00 bits per heavy atom. The van der Waals surface area contributed by atoms with Gasteiger partial charge < -0.3 is 15.8 Å². The van der Waals surface area contributed by atoms with Crippen molar-refractivity contribution in [1.82, 2.24) is 5.32 Å². The Balaban J connectivity index is 2.11. The first-order valence-corrected chi connectivity index (χ1v) is 10.1. The van der Waals surface area contributed by atoms with Gasteiger partial charge in [-0.3, -0.25) is 0 Å². The van der Waals surface area contributed by atoms with Crippen molar-refractivity contribution in [3.8, 4) is 5.75 Å². The summed E-state index contributed by atoms with van der Waals surface area (Å²) in [6.07, 6.45) is 12.6. The van der Waals surface area contributed by atoms with Gasteiger partial charge in [-0.05, 0) is 55.2 Å². The number of methoxy groups -OCH3 is 1. The van der Waals surface area contributed by atoms with Gasteiger partial charge in [0, 0.05) is 18.6 Å². The third-order valence-corrected chi connectivity index (χ3v) is 5.30. The average Bonchev–Trinajstić information content (AvgIpc) is 2.66. The standard InChI is InChI=1S/C24H36N2O/c1-5-6-7-8-20(15-18(2)3)23-16-21(25)11-14-24(23)26-17-19-9-12-22(27-4)13-10-19/h5-10,12-13,18,21,23-24,26H,1,11,14-17,25H2,2-4H3/b7-6-,20-8+. The Morgan fingerprint density at radius 1 is 1.26 bits per heavy atom. The first kappa shape index (κ1) is 21.5. The van der Waals surface area contributed by atoms with E-state index >= 15 is 0 Å². The summed E-state index contributed by atoms with van der Waals surface area (Å²) in [6.45, 7) is 9.22. The van der Waals surface area contributed by atoms with Gasteiger partial charge in [-0.25, -0.2) is 0 Å². The minimum atomic E-state index is 0.299. The highest BCUT2D eigenvalue weighted by Crippen LogP contribution is 2.33. The summed E-state index contributed by atoms with van der Waals surface area (Å²) < 4.78 is 5.25. The highest BCUT2D eigenvalue weighted by molar-refractivity contribution is 5.27. The van der Waals surface area contributed by atoms with Gasteiger partial charge in [0.15, 0.2) is 0 Å². The molecule has 1 aromatic rings. The topological polar surface area (TPSA) is 47.3 Å². The van der Waals surface area contributed by atoms with E-state index in [0.717, 1.165) is 38.0 Å². The van der Waals surface area contributed by atoms with Gasteiger partial charge in [-0.2, -0.15) is 0 Å². The number of nitrogens with two attached hydrogens (primary N) is 1. The van der Waals surface area contributed by atoms with Crippen LogP contribution in [0.5, 0.6) is 5.75 Å². The van der Waals surface area contributed by atoms with Gasteiger partial charge in [0.1, 0.15) is 5.75 Å². The number of benzene rings is 1. The molecule has 3 nitrogen and oxygen atoms in total. The van der Waals surface area contributed by atoms with Crippen LogP contribution in [0.4, 0.5) is 0 Å². The molecule has 0 heterocycles. The molecule has 0 saturated heterocycles. The van der Waals surface area contributed by atoms with Crippen LogP contribution in [-0.2, 0) is 6.54 Å². The van der Waals surface area contributed by atoms with Gasteiger partial charge >= 0.3 is 0 Å². The summed E-state index contributed by atoms with van der Waals surface area (Å²) >= 11 is 0. The van der Waals surface area contributed by atoms with E-state index in [1.807, 2.05) is 24.3 Å². The first-order chi connectivity index (χ1) is 13.0. The summed E-state index contributed by atoms with van der Waals surface area (Å²) in [5.74, 6) is 2.02. The molecule has 0 aliphatic heterocycles. The molecule has 3 unspecified atom stereocenters. The fourth-order valence-corrected chi connectivity index (χ4v) is 3.92. The second-order valence-corrected chi connectivity index (χ2v) is 7.98. The molecule has 0 spiro atoms. The second kappa shape index (κ2) is 11.1. The van der Waals surface area contributed by atoms with E-state index in [0.29, 0.717) is 23.9 Å². The summed E-state index contributed by atoms with van der Waals surface area (Å²) in [7, 11) is 1.70. The molecule has 3 heteroatoms. The number of allylic oxidation sites excluding steroid dienone is 4. The minimum absolute atomic E-state index is 0.299. The van der Waals surface area contributed by atoms with Crippen LogP contribution in [0.3, 0.4) is 0 Å². The highest BCUT2D eigenvalue weighted by atomic mass is 16.5. The van der Waals surface area contributed by atoms with Crippen LogP contribution < -0.4 is 15.8 Å². The molecule has 148 valence electrons. The molecule has 1 aromatic carbocycles. The zero-order valence-corrected chi connectivity index (χ0v) is 17.2. The Labute approximate surface area is 165 Å². The summed E-state index contributed by atoms with van der Waals surface area (Å²) in [5.41, 5.74) is 9.13. The van der Waals surface area contributed by atoms with E-state index in [1.54, 1.807) is 7.11 Å². The predicted molar refractivity (Wildman–Crippen MR) is 116 cm³/mol. The smallest absolute Gasteiger partial charge is 0.118 e. The normalized spacial score (nSPS) is 23.7. The number of ether oxygens (including phenoxy) is 1. The van der Waals surface area contributed by atoms with Crippen LogP contribution in [0.15, 0.2) is 60.7 Å². The van der Waals surface area contributed by atoms with E-state index < -0.39 is 0 Å². The molecular weight excluding hydrogens is 332 g/mol. The van der Waals surface area contributed by atoms with Crippen molar-refractivity contribution in [2.45, 2.75) is 58.2 Å². The van der Waals surface area contributed by atoms with Crippen molar-refractivity contribution in [3.05, 3.63) is 66.3 Å². The van der Waals surface area contributed by atoms with Crippen LogP contribution in [0, 0.1) is 11.8 Å². The maximum absolute atomic E-state index is 6.35. The summed E-state index contributed by atoms with van der Waals surface area (Å²) in [4.78, 5) is 0. The van der Waals surface area contributed by atoms with E-state index in [-0.39, 0.29) is 0 Å². The highest BCUT2D eigenvalue weighted by Gasteiger charge is 2.31. The fourth-order valence-electron chi connectivity index (χ4n) is 3.92. The summed E-state index contributed by atoms with van der Waals surface area (Å²) in [5, 5.41) is 3.81. The molecule has 1 aliphatic rings. The molecule has 0 radical (unpaired) electrons. The summed E-state index contributed by atoms with van der Waals surface area (Å²) in [6, 6.07) is 9.08. The zero-order valence-electron chi connectivity index (χ0n) is 17.2. The van der Waals surface area contributed by atoms with Crippen molar-refractivity contribution in [2.24, 2.45) is 17.6 Å². The Kier molecular flexibility index (Phi) is 8.83. The molecule has 0 aromatic heterocycles. The Bertz CT molecular complexity index is 630. The lowest BCUT2D eigenvalue weighted by Crippen LogP contribution is -2.44. The third-order valence-electron chi connectivity index (χ3n) is 5.30. The zero-order chi connectivity index (χ0) is 19.6. The first-order valence-electron chi connectivity index (χ1n) is 10.1. The maximum Gasteiger partial charge on any atom is 0.118 e. The van der Waals surface area contributed by atoms with Gasteiger partial charge in [0.25, 0.3) is 0 Å². The van der Waals surface area contributed by atoms with Crippen LogP contribution in [0.25, 0.3) is 0 Å². The van der Waals surface area contributed by atoms with Crippen molar-refractivity contribution in [1.29, 1.82) is 0 Å². The molecule has 1 fully saturated rings. The molecular formula is C24H36N2O. The SMILES string of the molecule is C=C/C=C\C=C(/CC(C)C)C1CC(N)CCC1NCc1ccc(OC)cc1. The largest absolute Gasteiger partial charge is 0.497 e. The molecule has 3 N–H and O–H groups in total. The van der Waals surface area contributed by atoms with Gasteiger partial charge in [0.05, 0.1) is 7.11 Å². The number of hydrogen-bond donors (Lipinski definition) is 2. The van der Waals surface area contributed by atoms with E-state index in [4.69, 9.17) is 10.5 Å². The Morgan fingerprint density at radius 3 is 2.63 bits per heavy atom. The van der Waals surface area contributed by atoms with E-state index in [1.165, 1.54) is 11.1 Å². The van der Waals surface area contributed by atoms with Crippen molar-refractivity contribution in [3.63, 3.8) is 0 Å². The molecule has 0 amide bonds. The van der Waals surface area contributed by atoms with E-state index in [2.05, 4.69) is 50.0 Å². The number of nitrogens with one attached hydrogen (secondary N) is 1. The lowest BCUT2D eigenvalue weighted by Gasteiger charge is -2.37. The van der Waals surface area contributed by atoms with Crippen molar-refractivity contribution in [2.75, 3.05) is 7.11 Å². The minimum Gasteiger partial charge on any atom is -0.497 e. The lowest BCUT2D eigenvalue weighted by molar-refractivity contribution is 0.262. The predicted octanol–water partition coefficient (Wildman–Crippen LogP) is 5.00. The fraction of sp³-hybridized carbons (Fsp3) is 0.500. The van der Waals surface area contributed by atoms with Crippen LogP contribution in [0.1, 0.15) is 45.1 Å². The Hall–Kier alpha value is -1.84. The second-order valence-electron chi connectivity index (χ2n) is 7.98. The maximum atomic E-state index is 6.35. The number of hydrogen-bond acceptors (Lipinski definition) is 3. The van der Waals surface area contributed by atoms with Gasteiger partial charge in [-0.15, -0.1) is 0 Å². The molecule has 0 bridgehead atoms. The molecule has 27 heavy (non-hydrogen) atoms.